The molecule has 3 nitrogen and oxygen atoms in total. The molecule has 0 spiro atoms. The van der Waals surface area contributed by atoms with Gasteiger partial charge in [0.15, 0.2) is 17.3 Å². The van der Waals surface area contributed by atoms with Crippen LogP contribution in [0.2, 0.25) is 0 Å². The number of ether oxygens (including phenoxy) is 2. The molecule has 6 aromatic carbocycles. The Labute approximate surface area is 283 Å². The van der Waals surface area contributed by atoms with Crippen LogP contribution in [-0.4, -0.2) is 20.0 Å². The van der Waals surface area contributed by atoms with Crippen molar-refractivity contribution in [1.29, 1.82) is 0 Å². The summed E-state index contributed by atoms with van der Waals surface area (Å²) in [5, 5.41) is 0. The number of allylic oxidation sites excluding steroid dienone is 1. The Morgan fingerprint density at radius 3 is 1.40 bits per heavy atom. The van der Waals surface area contributed by atoms with Crippen LogP contribution >= 0.6 is 0 Å². The van der Waals surface area contributed by atoms with E-state index < -0.39 is 11.3 Å². The molecule has 0 unspecified atom stereocenters. The van der Waals surface area contributed by atoms with E-state index in [2.05, 4.69) is 121 Å². The quantitative estimate of drug-likeness (QED) is 0.150. The van der Waals surface area contributed by atoms with Crippen molar-refractivity contribution in [3.63, 3.8) is 0 Å². The largest absolute Gasteiger partial charge is 0.493 e. The zero-order valence-electron chi connectivity index (χ0n) is 27.3. The Morgan fingerprint density at radius 2 is 0.958 bits per heavy atom. The molecule has 236 valence electrons. The van der Waals surface area contributed by atoms with E-state index in [1.54, 1.807) is 14.2 Å². The summed E-state index contributed by atoms with van der Waals surface area (Å²) in [5.74, 6) is 0.698. The van der Waals surface area contributed by atoms with Crippen LogP contribution in [0.4, 0.5) is 0 Å². The van der Waals surface area contributed by atoms with Crippen LogP contribution in [0.1, 0.15) is 62.0 Å². The van der Waals surface area contributed by atoms with Gasteiger partial charge < -0.3 is 9.47 Å². The molecule has 0 aliphatic heterocycles. The number of Topliss-reactive ketones (excluding diaryl/α,β-unsaturated/α-hetero) is 1. The SMILES string of the molecule is COc1cc2c(cc1OC)[C@@H](C(=O)c1ccccc1)C(c1ccccc1)(c1ccccc1)C[C@H]2C=C(c1ccccc1)c1ccccc1. The number of carbonyl (C=O) groups excluding carboxylic acids is 1. The van der Waals surface area contributed by atoms with Gasteiger partial charge in [-0.05, 0) is 57.5 Å². The van der Waals surface area contributed by atoms with E-state index in [9.17, 15) is 0 Å². The molecule has 48 heavy (non-hydrogen) atoms. The first-order chi connectivity index (χ1) is 23.6. The highest BCUT2D eigenvalue weighted by atomic mass is 16.5. The number of methoxy groups -OCH3 is 2. The molecule has 0 amide bonds. The van der Waals surface area contributed by atoms with E-state index in [0.29, 0.717) is 23.5 Å². The molecule has 0 N–H and O–H groups in total. The molecule has 0 aromatic heterocycles. The lowest BCUT2D eigenvalue weighted by Crippen LogP contribution is -2.44. The van der Waals surface area contributed by atoms with E-state index >= 15 is 4.79 Å². The number of fused-ring (bicyclic) bond motifs is 1. The second-order valence-corrected chi connectivity index (χ2v) is 12.3. The highest BCUT2D eigenvalue weighted by molar-refractivity contribution is 6.03. The summed E-state index contributed by atoms with van der Waals surface area (Å²) in [7, 11) is 3.32. The second kappa shape index (κ2) is 13.6. The van der Waals surface area contributed by atoms with Crippen LogP contribution in [0.15, 0.2) is 170 Å². The lowest BCUT2D eigenvalue weighted by atomic mass is 9.53. The predicted molar refractivity (Wildman–Crippen MR) is 194 cm³/mol. The number of hydrogen-bond donors (Lipinski definition) is 0. The number of rotatable bonds is 9. The molecular formula is C45H38O3. The first kappa shape index (κ1) is 31.0. The molecular weight excluding hydrogens is 588 g/mol. The second-order valence-electron chi connectivity index (χ2n) is 12.3. The molecule has 0 saturated heterocycles. The first-order valence-electron chi connectivity index (χ1n) is 16.4. The summed E-state index contributed by atoms with van der Waals surface area (Å²) in [5.41, 5.74) is 7.61. The summed E-state index contributed by atoms with van der Waals surface area (Å²) in [4.78, 5) is 15.2. The van der Waals surface area contributed by atoms with Gasteiger partial charge in [-0.2, -0.15) is 0 Å². The fourth-order valence-corrected chi connectivity index (χ4v) is 7.61. The lowest BCUT2D eigenvalue weighted by molar-refractivity contribution is 0.0912. The van der Waals surface area contributed by atoms with Gasteiger partial charge in [0.1, 0.15) is 0 Å². The van der Waals surface area contributed by atoms with Gasteiger partial charge in [0.2, 0.25) is 0 Å². The zero-order valence-corrected chi connectivity index (χ0v) is 27.3. The van der Waals surface area contributed by atoms with Crippen LogP contribution in [0.25, 0.3) is 5.57 Å². The third-order valence-electron chi connectivity index (χ3n) is 9.77. The van der Waals surface area contributed by atoms with E-state index in [-0.39, 0.29) is 11.7 Å². The fraction of sp³-hybridized carbons (Fsp3) is 0.133. The Balaban J connectivity index is 1.59. The summed E-state index contributed by atoms with van der Waals surface area (Å²) >= 11 is 0. The van der Waals surface area contributed by atoms with E-state index in [4.69, 9.17) is 9.47 Å². The molecule has 0 heterocycles. The van der Waals surface area contributed by atoms with E-state index in [0.717, 1.165) is 39.0 Å². The Bertz CT molecular complexity index is 1940. The fourth-order valence-electron chi connectivity index (χ4n) is 7.61. The Morgan fingerprint density at radius 1 is 0.562 bits per heavy atom. The van der Waals surface area contributed by atoms with Crippen molar-refractivity contribution in [2.24, 2.45) is 0 Å². The molecule has 0 radical (unpaired) electrons. The van der Waals surface area contributed by atoms with Crippen LogP contribution in [0.5, 0.6) is 11.5 Å². The van der Waals surface area contributed by atoms with Crippen LogP contribution in [0.3, 0.4) is 0 Å². The van der Waals surface area contributed by atoms with Crippen molar-refractivity contribution in [2.45, 2.75) is 23.7 Å². The monoisotopic (exact) mass is 626 g/mol. The van der Waals surface area contributed by atoms with Gasteiger partial charge >= 0.3 is 0 Å². The number of hydrogen-bond acceptors (Lipinski definition) is 3. The van der Waals surface area contributed by atoms with Gasteiger partial charge in [0, 0.05) is 16.9 Å². The minimum absolute atomic E-state index is 0.0746. The van der Waals surface area contributed by atoms with E-state index in [1.165, 1.54) is 0 Å². The molecule has 3 heteroatoms. The molecule has 0 fully saturated rings. The van der Waals surface area contributed by atoms with E-state index in [1.807, 2.05) is 48.5 Å². The average molecular weight is 627 g/mol. The van der Waals surface area contributed by atoms with Gasteiger partial charge in [0.25, 0.3) is 0 Å². The Kier molecular flexibility index (Phi) is 8.76. The minimum atomic E-state index is -0.707. The van der Waals surface area contributed by atoms with Crippen molar-refractivity contribution in [3.8, 4) is 11.5 Å². The minimum Gasteiger partial charge on any atom is -0.493 e. The average Bonchev–Trinajstić information content (AvgIpc) is 3.17. The topological polar surface area (TPSA) is 35.5 Å². The molecule has 0 bridgehead atoms. The molecule has 0 saturated carbocycles. The number of carbonyl (C=O) groups is 1. The maximum Gasteiger partial charge on any atom is 0.171 e. The smallest absolute Gasteiger partial charge is 0.171 e. The van der Waals surface area contributed by atoms with Crippen molar-refractivity contribution >= 4 is 11.4 Å². The zero-order chi connectivity index (χ0) is 32.9. The molecule has 1 aliphatic carbocycles. The maximum absolute atomic E-state index is 15.2. The summed E-state index contributed by atoms with van der Waals surface area (Å²) in [6.45, 7) is 0. The summed E-state index contributed by atoms with van der Waals surface area (Å²) < 4.78 is 11.8. The van der Waals surface area contributed by atoms with Crippen LogP contribution < -0.4 is 9.47 Å². The van der Waals surface area contributed by atoms with Crippen LogP contribution in [-0.2, 0) is 5.41 Å². The van der Waals surface area contributed by atoms with Gasteiger partial charge in [-0.1, -0.05) is 158 Å². The van der Waals surface area contributed by atoms with Crippen molar-refractivity contribution in [3.05, 3.63) is 209 Å². The predicted octanol–water partition coefficient (Wildman–Crippen LogP) is 10.3. The normalized spacial score (nSPS) is 16.3. The maximum atomic E-state index is 15.2. The van der Waals surface area contributed by atoms with Gasteiger partial charge in [-0.15, -0.1) is 0 Å². The van der Waals surface area contributed by atoms with Gasteiger partial charge in [-0.3, -0.25) is 4.79 Å². The molecule has 2 atom stereocenters. The molecule has 7 rings (SSSR count). The van der Waals surface area contributed by atoms with Crippen molar-refractivity contribution in [1.82, 2.24) is 0 Å². The third-order valence-corrected chi connectivity index (χ3v) is 9.77. The molecule has 1 aliphatic rings. The standard InChI is InChI=1S/C45H38O3/c1-47-41-29-39-35(28-38(32-18-8-3-9-19-32)33-20-10-4-11-21-33)31-45(36-24-14-6-15-25-36,37-26-16-7-17-27-37)43(40(39)30-42(41)48-2)44(46)34-22-12-5-13-23-34/h3-30,35,43H,31H2,1-2H3/t35-,43+/m1/s1. The summed E-state index contributed by atoms with van der Waals surface area (Å²) in [6.07, 6.45) is 3.06. The highest BCUT2D eigenvalue weighted by Crippen LogP contribution is 2.58. The van der Waals surface area contributed by atoms with Crippen molar-refractivity contribution < 1.29 is 14.3 Å². The first-order valence-corrected chi connectivity index (χ1v) is 16.4. The van der Waals surface area contributed by atoms with Crippen molar-refractivity contribution in [2.75, 3.05) is 14.2 Å². The lowest BCUT2D eigenvalue weighted by Gasteiger charge is -2.48. The highest BCUT2D eigenvalue weighted by Gasteiger charge is 2.52. The number of ketones is 1. The van der Waals surface area contributed by atoms with Gasteiger partial charge in [0.05, 0.1) is 20.1 Å². The third kappa shape index (κ3) is 5.62. The van der Waals surface area contributed by atoms with Gasteiger partial charge in [-0.25, -0.2) is 0 Å². The Hall–Kier alpha value is -5.67. The molecule has 6 aromatic rings. The number of benzene rings is 6. The summed E-state index contributed by atoms with van der Waals surface area (Å²) in [6, 6.07) is 56.1. The van der Waals surface area contributed by atoms with Crippen LogP contribution in [0, 0.1) is 0 Å².